The molecule has 1 aromatic carbocycles. The van der Waals surface area contributed by atoms with Crippen LogP contribution >= 0.6 is 23.8 Å². The summed E-state index contributed by atoms with van der Waals surface area (Å²) in [7, 11) is 0. The average molecular weight is 346 g/mol. The standard InChI is InChI=1S/C18H20ClN3S/c1-13-8-11-20-16(12-13)21-17(23)22-18(9-4-5-10-18)14-6-2-3-7-15(14)19/h2-3,6-8,11-12H,4-5,9-10H2,1H3,(H2,20,21,22,23). The Morgan fingerprint density at radius 1 is 1.22 bits per heavy atom. The molecule has 120 valence electrons. The summed E-state index contributed by atoms with van der Waals surface area (Å²) in [6, 6.07) is 12.0. The topological polar surface area (TPSA) is 37.0 Å². The van der Waals surface area contributed by atoms with E-state index in [4.69, 9.17) is 23.8 Å². The van der Waals surface area contributed by atoms with E-state index in [9.17, 15) is 0 Å². The number of rotatable bonds is 3. The molecule has 2 N–H and O–H groups in total. The van der Waals surface area contributed by atoms with E-state index in [1.54, 1.807) is 6.20 Å². The largest absolute Gasteiger partial charge is 0.353 e. The van der Waals surface area contributed by atoms with Crippen molar-refractivity contribution >= 4 is 34.7 Å². The van der Waals surface area contributed by atoms with Crippen LogP contribution in [0.3, 0.4) is 0 Å². The Bertz CT molecular complexity index is 711. The van der Waals surface area contributed by atoms with Gasteiger partial charge in [0.25, 0.3) is 0 Å². The van der Waals surface area contributed by atoms with Gasteiger partial charge in [-0.1, -0.05) is 42.6 Å². The number of benzene rings is 1. The van der Waals surface area contributed by atoms with E-state index >= 15 is 0 Å². The fraction of sp³-hybridized carbons (Fsp3) is 0.333. The van der Waals surface area contributed by atoms with Gasteiger partial charge in [0.2, 0.25) is 0 Å². The zero-order chi connectivity index (χ0) is 16.3. The number of hydrogen-bond donors (Lipinski definition) is 2. The van der Waals surface area contributed by atoms with Gasteiger partial charge in [0.05, 0.1) is 5.54 Å². The Kier molecular flexibility index (Phi) is 4.83. The lowest BCUT2D eigenvalue weighted by molar-refractivity contribution is 0.408. The zero-order valence-electron chi connectivity index (χ0n) is 13.1. The number of aromatic nitrogens is 1. The van der Waals surface area contributed by atoms with E-state index in [1.807, 2.05) is 37.3 Å². The minimum atomic E-state index is -0.188. The predicted molar refractivity (Wildman–Crippen MR) is 99.9 cm³/mol. The van der Waals surface area contributed by atoms with E-state index in [0.29, 0.717) is 5.11 Å². The van der Waals surface area contributed by atoms with Crippen LogP contribution in [0.15, 0.2) is 42.6 Å². The molecule has 1 saturated carbocycles. The third kappa shape index (κ3) is 3.65. The van der Waals surface area contributed by atoms with Gasteiger partial charge in [-0.05, 0) is 61.3 Å². The van der Waals surface area contributed by atoms with E-state index in [1.165, 1.54) is 12.8 Å². The molecule has 0 atom stereocenters. The van der Waals surface area contributed by atoms with Crippen molar-refractivity contribution in [2.24, 2.45) is 0 Å². The number of nitrogens with zero attached hydrogens (tertiary/aromatic N) is 1. The normalized spacial score (nSPS) is 16.1. The quantitative estimate of drug-likeness (QED) is 0.783. The highest BCUT2D eigenvalue weighted by Crippen LogP contribution is 2.41. The smallest absolute Gasteiger partial charge is 0.172 e. The van der Waals surface area contributed by atoms with Crippen molar-refractivity contribution in [2.45, 2.75) is 38.1 Å². The molecule has 0 aliphatic heterocycles. The molecule has 1 fully saturated rings. The van der Waals surface area contributed by atoms with Crippen LogP contribution in [0, 0.1) is 6.92 Å². The van der Waals surface area contributed by atoms with Gasteiger partial charge < -0.3 is 10.6 Å². The molecular formula is C18H20ClN3S. The number of pyridine rings is 1. The van der Waals surface area contributed by atoms with Gasteiger partial charge in [0, 0.05) is 11.2 Å². The first-order chi connectivity index (χ1) is 11.1. The third-order valence-corrected chi connectivity index (χ3v) is 4.89. The molecule has 1 aromatic heterocycles. The number of anilines is 1. The molecule has 0 bridgehead atoms. The number of nitrogens with one attached hydrogen (secondary N) is 2. The van der Waals surface area contributed by atoms with Crippen LogP contribution in [0.1, 0.15) is 36.8 Å². The summed E-state index contributed by atoms with van der Waals surface area (Å²) in [6.07, 6.45) is 6.17. The van der Waals surface area contributed by atoms with Crippen molar-refractivity contribution in [2.75, 3.05) is 5.32 Å². The summed E-state index contributed by atoms with van der Waals surface area (Å²) < 4.78 is 0. The average Bonchev–Trinajstić information content (AvgIpc) is 2.97. The van der Waals surface area contributed by atoms with Crippen molar-refractivity contribution in [1.29, 1.82) is 0 Å². The van der Waals surface area contributed by atoms with E-state index in [2.05, 4.69) is 21.7 Å². The Balaban J connectivity index is 1.80. The molecular weight excluding hydrogens is 326 g/mol. The molecule has 0 saturated heterocycles. The van der Waals surface area contributed by atoms with Crippen molar-refractivity contribution in [3.05, 3.63) is 58.7 Å². The second-order valence-electron chi connectivity index (χ2n) is 6.07. The number of halogens is 1. The van der Waals surface area contributed by atoms with Crippen molar-refractivity contribution in [3.8, 4) is 0 Å². The number of aryl methyl sites for hydroxylation is 1. The first-order valence-corrected chi connectivity index (χ1v) is 8.64. The predicted octanol–water partition coefficient (Wildman–Crippen LogP) is 4.80. The summed E-state index contributed by atoms with van der Waals surface area (Å²) in [6.45, 7) is 2.03. The SMILES string of the molecule is Cc1ccnc(NC(=S)NC2(c3ccccc3Cl)CCCC2)c1. The van der Waals surface area contributed by atoms with Crippen molar-refractivity contribution in [3.63, 3.8) is 0 Å². The maximum Gasteiger partial charge on any atom is 0.172 e. The van der Waals surface area contributed by atoms with Crippen LogP contribution in [-0.4, -0.2) is 10.1 Å². The fourth-order valence-corrected chi connectivity index (χ4v) is 3.88. The summed E-state index contributed by atoms with van der Waals surface area (Å²) in [5.41, 5.74) is 2.08. The van der Waals surface area contributed by atoms with Crippen LogP contribution < -0.4 is 10.6 Å². The van der Waals surface area contributed by atoms with Gasteiger partial charge in [-0.3, -0.25) is 0 Å². The second-order valence-corrected chi connectivity index (χ2v) is 6.88. The third-order valence-electron chi connectivity index (χ3n) is 4.36. The Morgan fingerprint density at radius 3 is 2.65 bits per heavy atom. The van der Waals surface area contributed by atoms with Crippen LogP contribution in [0.2, 0.25) is 5.02 Å². The maximum absolute atomic E-state index is 6.44. The first kappa shape index (κ1) is 16.2. The van der Waals surface area contributed by atoms with Crippen LogP contribution in [0.4, 0.5) is 5.82 Å². The highest BCUT2D eigenvalue weighted by atomic mass is 35.5. The molecule has 0 radical (unpaired) electrons. The lowest BCUT2D eigenvalue weighted by Gasteiger charge is -2.33. The first-order valence-electron chi connectivity index (χ1n) is 7.86. The Labute approximate surface area is 147 Å². The summed E-state index contributed by atoms with van der Waals surface area (Å²) >= 11 is 12.0. The second kappa shape index (κ2) is 6.85. The molecule has 5 heteroatoms. The van der Waals surface area contributed by atoms with Gasteiger partial charge in [-0.15, -0.1) is 0 Å². The molecule has 2 aromatic rings. The number of hydrogen-bond acceptors (Lipinski definition) is 2. The lowest BCUT2D eigenvalue weighted by Crippen LogP contribution is -2.46. The number of thiocarbonyl (C=S) groups is 1. The minimum Gasteiger partial charge on any atom is -0.353 e. The molecule has 0 unspecified atom stereocenters. The molecule has 0 amide bonds. The van der Waals surface area contributed by atoms with Crippen LogP contribution in [-0.2, 0) is 5.54 Å². The van der Waals surface area contributed by atoms with E-state index in [-0.39, 0.29) is 5.54 Å². The molecule has 0 spiro atoms. The summed E-state index contributed by atoms with van der Waals surface area (Å²) in [4.78, 5) is 4.30. The molecule has 1 aliphatic rings. The summed E-state index contributed by atoms with van der Waals surface area (Å²) in [5.74, 6) is 0.759. The highest BCUT2D eigenvalue weighted by molar-refractivity contribution is 7.80. The minimum absolute atomic E-state index is 0.188. The van der Waals surface area contributed by atoms with Crippen molar-refractivity contribution in [1.82, 2.24) is 10.3 Å². The highest BCUT2D eigenvalue weighted by Gasteiger charge is 2.37. The maximum atomic E-state index is 6.44. The van der Waals surface area contributed by atoms with Gasteiger partial charge in [0.1, 0.15) is 5.82 Å². The molecule has 3 nitrogen and oxygen atoms in total. The monoisotopic (exact) mass is 345 g/mol. The Hall–Kier alpha value is -1.65. The van der Waals surface area contributed by atoms with Crippen LogP contribution in [0.5, 0.6) is 0 Å². The molecule has 3 rings (SSSR count). The molecule has 23 heavy (non-hydrogen) atoms. The van der Waals surface area contributed by atoms with Gasteiger partial charge >= 0.3 is 0 Å². The zero-order valence-corrected chi connectivity index (χ0v) is 14.7. The van der Waals surface area contributed by atoms with E-state index in [0.717, 1.165) is 34.8 Å². The molecule has 1 aliphatic carbocycles. The molecule has 1 heterocycles. The van der Waals surface area contributed by atoms with E-state index < -0.39 is 0 Å². The fourth-order valence-electron chi connectivity index (χ4n) is 3.26. The Morgan fingerprint density at radius 2 is 1.96 bits per heavy atom. The van der Waals surface area contributed by atoms with Gasteiger partial charge in [-0.25, -0.2) is 4.98 Å². The van der Waals surface area contributed by atoms with Crippen LogP contribution in [0.25, 0.3) is 0 Å². The van der Waals surface area contributed by atoms with Crippen molar-refractivity contribution < 1.29 is 0 Å². The summed E-state index contributed by atoms with van der Waals surface area (Å²) in [5, 5.41) is 8.08. The van der Waals surface area contributed by atoms with Gasteiger partial charge in [0.15, 0.2) is 5.11 Å². The van der Waals surface area contributed by atoms with Gasteiger partial charge in [-0.2, -0.15) is 0 Å². The lowest BCUT2D eigenvalue weighted by atomic mass is 9.88.